The van der Waals surface area contributed by atoms with E-state index in [-0.39, 0.29) is 0 Å². The maximum Gasteiger partial charge on any atom is 0.120 e. The molecular weight excluding hydrogens is 645 g/mol. The number of hydrogen-bond donors (Lipinski definition) is 1. The van der Waals surface area contributed by atoms with Crippen LogP contribution in [0.1, 0.15) is 70.3 Å². The molecule has 0 unspecified atom stereocenters. The van der Waals surface area contributed by atoms with E-state index in [1.54, 1.807) is 0 Å². The van der Waals surface area contributed by atoms with Gasteiger partial charge in [-0.25, -0.2) is 4.98 Å². The first-order chi connectivity index (χ1) is 25.7. The minimum absolute atomic E-state index is 0.410. The number of aromatic nitrogens is 3. The molecule has 4 nitrogen and oxygen atoms in total. The van der Waals surface area contributed by atoms with E-state index in [0.29, 0.717) is 24.2 Å². The number of benzene rings is 5. The van der Waals surface area contributed by atoms with Crippen LogP contribution >= 0.6 is 0 Å². The number of nitrogens with zero attached hydrogens (tertiary/aromatic N) is 3. The third-order valence-electron chi connectivity index (χ3n) is 10.1. The number of rotatable bonds is 11. The summed E-state index contributed by atoms with van der Waals surface area (Å²) in [5, 5.41) is 3.46. The van der Waals surface area contributed by atoms with Gasteiger partial charge in [-0.1, -0.05) is 145 Å². The molecule has 4 heteroatoms. The zero-order chi connectivity index (χ0) is 37.1. The Morgan fingerprint density at radius 2 is 1.28 bits per heavy atom. The van der Waals surface area contributed by atoms with E-state index in [0.717, 1.165) is 50.6 Å². The molecule has 0 bridgehead atoms. The van der Waals surface area contributed by atoms with Crippen molar-refractivity contribution in [3.05, 3.63) is 162 Å². The fraction of sp³-hybridized carbons (Fsp3) is 0.224. The molecule has 0 aliphatic rings. The number of pyridine rings is 1. The van der Waals surface area contributed by atoms with E-state index >= 15 is 0 Å². The van der Waals surface area contributed by atoms with E-state index in [1.165, 1.54) is 33.4 Å². The number of imidazole rings is 1. The third-order valence-corrected chi connectivity index (χ3v) is 10.1. The van der Waals surface area contributed by atoms with Gasteiger partial charge in [-0.15, -0.1) is 0 Å². The molecule has 5 aromatic carbocycles. The third kappa shape index (κ3) is 7.32. The number of para-hydroxylation sites is 2. The quantitative estimate of drug-likeness (QED) is 0.147. The second-order valence-corrected chi connectivity index (χ2v) is 14.9. The van der Waals surface area contributed by atoms with Crippen molar-refractivity contribution in [2.75, 3.05) is 7.05 Å². The zero-order valence-electron chi connectivity index (χ0n) is 32.1. The molecule has 266 valence electrons. The van der Waals surface area contributed by atoms with Gasteiger partial charge < -0.3 is 5.32 Å². The standard InChI is InChI=1S/C49H50N4/c1-32(2)28-39(50-7)31-47-52-49-43(23-15-25-46(49)53(47)45-24-12-11-20-42(45)35-16-9-8-10-17-35)36-18-13-19-37(29-36)44-30-38(26-27-51-44)48-40(33(3)4)21-14-22-41(48)34(5)6/h8-30,32-34,50H,31H2,1-7H3/b39-28-. The maximum atomic E-state index is 5.47. The molecule has 1 N–H and O–H groups in total. The molecule has 0 atom stereocenters. The van der Waals surface area contributed by atoms with Gasteiger partial charge in [0.05, 0.1) is 22.4 Å². The number of allylic oxidation sites excluding steroid dienone is 2. The summed E-state index contributed by atoms with van der Waals surface area (Å²) in [5.41, 5.74) is 16.2. The molecule has 2 aromatic heterocycles. The number of hydrogen-bond acceptors (Lipinski definition) is 3. The Morgan fingerprint density at radius 3 is 2.00 bits per heavy atom. The summed E-state index contributed by atoms with van der Waals surface area (Å²) in [6, 6.07) is 45.8. The van der Waals surface area contributed by atoms with E-state index in [4.69, 9.17) is 9.97 Å². The van der Waals surface area contributed by atoms with Crippen LogP contribution in [0.2, 0.25) is 0 Å². The van der Waals surface area contributed by atoms with Gasteiger partial charge in [0.15, 0.2) is 0 Å². The lowest BCUT2D eigenvalue weighted by atomic mass is 9.85. The topological polar surface area (TPSA) is 42.7 Å². The Morgan fingerprint density at radius 1 is 0.642 bits per heavy atom. The SMILES string of the molecule is CN/C(=C\C(C)C)Cc1nc2c(-c3cccc(-c4cc(-c5c(C(C)C)cccc5C(C)C)ccn4)c3)cccc2n1-c1ccccc1-c1ccccc1. The first-order valence-corrected chi connectivity index (χ1v) is 19.0. The van der Waals surface area contributed by atoms with Crippen molar-refractivity contribution >= 4 is 11.0 Å². The van der Waals surface area contributed by atoms with Gasteiger partial charge in [-0.05, 0) is 81.5 Å². The number of nitrogens with one attached hydrogen (secondary N) is 1. The highest BCUT2D eigenvalue weighted by atomic mass is 15.1. The van der Waals surface area contributed by atoms with Crippen LogP contribution in [-0.2, 0) is 6.42 Å². The van der Waals surface area contributed by atoms with Crippen LogP contribution in [0, 0.1) is 5.92 Å². The normalized spacial score (nSPS) is 12.0. The Bertz CT molecular complexity index is 2370. The summed E-state index contributed by atoms with van der Waals surface area (Å²) in [7, 11) is 2.00. The van der Waals surface area contributed by atoms with Crippen molar-refractivity contribution in [3.8, 4) is 50.3 Å². The van der Waals surface area contributed by atoms with Gasteiger partial charge in [0, 0.05) is 42.1 Å². The zero-order valence-corrected chi connectivity index (χ0v) is 32.1. The Hall–Kier alpha value is -5.74. The molecule has 53 heavy (non-hydrogen) atoms. The van der Waals surface area contributed by atoms with Gasteiger partial charge in [0.2, 0.25) is 0 Å². The van der Waals surface area contributed by atoms with Crippen molar-refractivity contribution in [3.63, 3.8) is 0 Å². The molecule has 0 aliphatic carbocycles. The van der Waals surface area contributed by atoms with Crippen LogP contribution in [-0.4, -0.2) is 21.6 Å². The van der Waals surface area contributed by atoms with Crippen LogP contribution in [0.25, 0.3) is 61.4 Å². The molecule has 7 rings (SSSR count). The highest BCUT2D eigenvalue weighted by Crippen LogP contribution is 2.39. The molecule has 0 saturated heterocycles. The Kier molecular flexibility index (Phi) is 10.4. The molecule has 0 amide bonds. The highest BCUT2D eigenvalue weighted by Gasteiger charge is 2.21. The van der Waals surface area contributed by atoms with Crippen LogP contribution in [0.4, 0.5) is 0 Å². The van der Waals surface area contributed by atoms with Crippen molar-refractivity contribution < 1.29 is 0 Å². The smallest absolute Gasteiger partial charge is 0.120 e. The molecule has 0 fully saturated rings. The molecular formula is C49H50N4. The number of fused-ring (bicyclic) bond motifs is 1. The molecule has 0 aliphatic heterocycles. The van der Waals surface area contributed by atoms with Crippen LogP contribution in [0.15, 0.2) is 145 Å². The molecule has 2 heterocycles. The van der Waals surface area contributed by atoms with Crippen molar-refractivity contribution in [2.45, 2.75) is 59.8 Å². The van der Waals surface area contributed by atoms with Gasteiger partial charge in [-0.3, -0.25) is 9.55 Å². The maximum absolute atomic E-state index is 5.47. The lowest BCUT2D eigenvalue weighted by Crippen LogP contribution is -2.13. The summed E-state index contributed by atoms with van der Waals surface area (Å²) in [5.74, 6) is 2.23. The molecule has 0 spiro atoms. The highest BCUT2D eigenvalue weighted by molar-refractivity contribution is 5.95. The fourth-order valence-electron chi connectivity index (χ4n) is 7.58. The lowest BCUT2D eigenvalue weighted by molar-refractivity contribution is 0.773. The second kappa shape index (κ2) is 15.5. The largest absolute Gasteiger partial charge is 0.391 e. The summed E-state index contributed by atoms with van der Waals surface area (Å²) >= 11 is 0. The van der Waals surface area contributed by atoms with E-state index < -0.39 is 0 Å². The van der Waals surface area contributed by atoms with E-state index in [2.05, 4.69) is 185 Å². The van der Waals surface area contributed by atoms with Gasteiger partial charge >= 0.3 is 0 Å². The predicted octanol–water partition coefficient (Wildman–Crippen LogP) is 12.6. The lowest BCUT2D eigenvalue weighted by Gasteiger charge is -2.20. The van der Waals surface area contributed by atoms with Crippen molar-refractivity contribution in [2.24, 2.45) is 5.92 Å². The van der Waals surface area contributed by atoms with Gasteiger partial charge in [0.25, 0.3) is 0 Å². The van der Waals surface area contributed by atoms with Gasteiger partial charge in [0.1, 0.15) is 5.82 Å². The monoisotopic (exact) mass is 694 g/mol. The van der Waals surface area contributed by atoms with Crippen LogP contribution in [0.5, 0.6) is 0 Å². The Balaban J connectivity index is 1.38. The second-order valence-electron chi connectivity index (χ2n) is 14.9. The molecule has 0 radical (unpaired) electrons. The summed E-state index contributed by atoms with van der Waals surface area (Å²) < 4.78 is 2.36. The summed E-state index contributed by atoms with van der Waals surface area (Å²) in [6.07, 6.45) is 4.93. The Labute approximate surface area is 315 Å². The molecule has 7 aromatic rings. The van der Waals surface area contributed by atoms with Crippen LogP contribution in [0.3, 0.4) is 0 Å². The van der Waals surface area contributed by atoms with Crippen molar-refractivity contribution in [1.29, 1.82) is 0 Å². The predicted molar refractivity (Wildman–Crippen MR) is 224 cm³/mol. The summed E-state index contributed by atoms with van der Waals surface area (Å²) in [4.78, 5) is 10.4. The van der Waals surface area contributed by atoms with E-state index in [9.17, 15) is 0 Å². The first-order valence-electron chi connectivity index (χ1n) is 19.0. The fourth-order valence-corrected chi connectivity index (χ4v) is 7.58. The minimum atomic E-state index is 0.410. The molecule has 0 saturated carbocycles. The van der Waals surface area contributed by atoms with Crippen LogP contribution < -0.4 is 5.32 Å². The average Bonchev–Trinajstić information content (AvgIpc) is 3.55. The number of likely N-dealkylation sites (N-methyl/N-ethyl adjacent to an activating group) is 1. The van der Waals surface area contributed by atoms with E-state index in [1.807, 2.05) is 13.2 Å². The minimum Gasteiger partial charge on any atom is -0.391 e. The summed E-state index contributed by atoms with van der Waals surface area (Å²) in [6.45, 7) is 13.6. The average molecular weight is 695 g/mol. The van der Waals surface area contributed by atoms with Crippen molar-refractivity contribution in [1.82, 2.24) is 19.9 Å². The first kappa shape index (κ1) is 35.7. The van der Waals surface area contributed by atoms with Gasteiger partial charge in [-0.2, -0.15) is 0 Å².